The Bertz CT molecular complexity index is 920. The average Bonchev–Trinajstić information content (AvgIpc) is 3.21. The van der Waals surface area contributed by atoms with E-state index in [-0.39, 0.29) is 11.4 Å². The van der Waals surface area contributed by atoms with Gasteiger partial charge in [-0.1, -0.05) is 6.07 Å². The Kier molecular flexibility index (Phi) is 4.57. The van der Waals surface area contributed by atoms with Gasteiger partial charge in [0.05, 0.1) is 22.0 Å². The number of thiophene rings is 1. The summed E-state index contributed by atoms with van der Waals surface area (Å²) in [7, 11) is -3.60. The lowest BCUT2D eigenvalue weighted by molar-refractivity contribution is 0.539. The fraction of sp³-hybridized carbons (Fsp3) is 0.333. The van der Waals surface area contributed by atoms with Crippen molar-refractivity contribution in [1.29, 1.82) is 0 Å². The van der Waals surface area contributed by atoms with Crippen LogP contribution in [0.4, 0.5) is 0 Å². The second-order valence-corrected chi connectivity index (χ2v) is 8.06. The van der Waals surface area contributed by atoms with Crippen molar-refractivity contribution in [1.82, 2.24) is 19.9 Å². The zero-order valence-electron chi connectivity index (χ0n) is 13.6. The van der Waals surface area contributed by atoms with Gasteiger partial charge in [0.2, 0.25) is 15.9 Å². The predicted octanol–water partition coefficient (Wildman–Crippen LogP) is 2.57. The molecule has 0 aliphatic heterocycles. The lowest BCUT2D eigenvalue weighted by Crippen LogP contribution is -2.27. The van der Waals surface area contributed by atoms with Crippen LogP contribution in [0.5, 0.6) is 0 Å². The minimum atomic E-state index is -3.60. The number of aromatic amines is 1. The Morgan fingerprint density at radius 2 is 2.12 bits per heavy atom. The fourth-order valence-electron chi connectivity index (χ4n) is 2.48. The summed E-state index contributed by atoms with van der Waals surface area (Å²) < 4.78 is 33.0. The number of oxazole rings is 1. The van der Waals surface area contributed by atoms with Crippen molar-refractivity contribution in [2.45, 2.75) is 32.1 Å². The summed E-state index contributed by atoms with van der Waals surface area (Å²) >= 11 is 1.55. The minimum Gasteiger partial charge on any atom is -0.440 e. The number of nitrogens with one attached hydrogen (secondary N) is 2. The van der Waals surface area contributed by atoms with Crippen molar-refractivity contribution in [2.24, 2.45) is 0 Å². The second-order valence-electron chi connectivity index (χ2n) is 5.41. The van der Waals surface area contributed by atoms with Gasteiger partial charge in [-0.3, -0.25) is 5.10 Å². The molecule has 9 heteroatoms. The van der Waals surface area contributed by atoms with Crippen molar-refractivity contribution in [2.75, 3.05) is 6.54 Å². The van der Waals surface area contributed by atoms with E-state index >= 15 is 0 Å². The molecule has 3 aromatic rings. The lowest BCUT2D eigenvalue weighted by Gasteiger charge is -2.06. The molecule has 0 aliphatic rings. The van der Waals surface area contributed by atoms with E-state index in [9.17, 15) is 8.42 Å². The summed E-state index contributed by atoms with van der Waals surface area (Å²) in [6.07, 6.45) is 0.454. The number of rotatable bonds is 6. The molecule has 0 saturated heterocycles. The summed E-state index contributed by atoms with van der Waals surface area (Å²) in [6.45, 7) is 5.42. The molecule has 0 aromatic carbocycles. The molecule has 0 spiro atoms. The first-order chi connectivity index (χ1) is 11.4. The maximum atomic E-state index is 12.4. The van der Waals surface area contributed by atoms with Gasteiger partial charge >= 0.3 is 0 Å². The standard InChI is InChI=1S/C15H18N4O3S2/c1-9-14(10(2)19-18-9)24(20,21)16-7-6-12-11(3)22-15(17-12)13-5-4-8-23-13/h4-5,8,16H,6-7H2,1-3H3,(H,18,19). The van der Waals surface area contributed by atoms with E-state index < -0.39 is 10.0 Å². The number of sulfonamides is 1. The number of hydrogen-bond donors (Lipinski definition) is 2. The van der Waals surface area contributed by atoms with E-state index in [4.69, 9.17) is 4.42 Å². The van der Waals surface area contributed by atoms with Gasteiger partial charge in [0.1, 0.15) is 10.7 Å². The maximum absolute atomic E-state index is 12.4. The van der Waals surface area contributed by atoms with E-state index in [1.165, 1.54) is 0 Å². The van der Waals surface area contributed by atoms with Crippen molar-refractivity contribution in [3.05, 3.63) is 40.4 Å². The van der Waals surface area contributed by atoms with Gasteiger partial charge in [-0.05, 0) is 32.2 Å². The third-order valence-corrected chi connectivity index (χ3v) is 6.19. The Morgan fingerprint density at radius 1 is 1.33 bits per heavy atom. The Hall–Kier alpha value is -1.97. The number of nitrogens with zero attached hydrogens (tertiary/aromatic N) is 2. The van der Waals surface area contributed by atoms with Gasteiger partial charge in [-0.25, -0.2) is 18.1 Å². The van der Waals surface area contributed by atoms with Crippen LogP contribution in [0.3, 0.4) is 0 Å². The topological polar surface area (TPSA) is 101 Å². The molecule has 3 rings (SSSR count). The van der Waals surface area contributed by atoms with Gasteiger partial charge in [0, 0.05) is 13.0 Å². The zero-order chi connectivity index (χ0) is 17.3. The zero-order valence-corrected chi connectivity index (χ0v) is 15.2. The second kappa shape index (κ2) is 6.50. The van der Waals surface area contributed by atoms with Crippen molar-refractivity contribution < 1.29 is 12.8 Å². The molecule has 2 N–H and O–H groups in total. The first-order valence-corrected chi connectivity index (χ1v) is 9.76. The predicted molar refractivity (Wildman–Crippen MR) is 91.5 cm³/mol. The van der Waals surface area contributed by atoms with Crippen LogP contribution in [0.2, 0.25) is 0 Å². The summed E-state index contributed by atoms with van der Waals surface area (Å²) in [5.74, 6) is 1.27. The SMILES string of the molecule is Cc1n[nH]c(C)c1S(=O)(=O)NCCc1nc(-c2cccs2)oc1C. The quantitative estimate of drug-likeness (QED) is 0.698. The van der Waals surface area contributed by atoms with Crippen LogP contribution in [0.15, 0.2) is 26.8 Å². The van der Waals surface area contributed by atoms with Gasteiger partial charge in [0.15, 0.2) is 0 Å². The largest absolute Gasteiger partial charge is 0.440 e. The van der Waals surface area contributed by atoms with E-state index in [1.54, 1.807) is 25.2 Å². The highest BCUT2D eigenvalue weighted by Gasteiger charge is 2.22. The number of H-pyrrole nitrogens is 1. The maximum Gasteiger partial charge on any atom is 0.244 e. The van der Waals surface area contributed by atoms with E-state index in [2.05, 4.69) is 19.9 Å². The lowest BCUT2D eigenvalue weighted by atomic mass is 10.3. The summed E-state index contributed by atoms with van der Waals surface area (Å²) in [5.41, 5.74) is 1.73. The van der Waals surface area contributed by atoms with Crippen LogP contribution in [-0.4, -0.2) is 30.1 Å². The molecule has 0 atom stereocenters. The van der Waals surface area contributed by atoms with Crippen molar-refractivity contribution in [3.8, 4) is 10.8 Å². The fourth-order valence-corrected chi connectivity index (χ4v) is 4.53. The highest BCUT2D eigenvalue weighted by Crippen LogP contribution is 2.26. The smallest absolute Gasteiger partial charge is 0.244 e. The van der Waals surface area contributed by atoms with Crippen LogP contribution in [0, 0.1) is 20.8 Å². The molecule has 3 aromatic heterocycles. The van der Waals surface area contributed by atoms with Crippen LogP contribution in [-0.2, 0) is 16.4 Å². The average molecular weight is 366 g/mol. The Balaban J connectivity index is 1.69. The number of aromatic nitrogens is 3. The number of hydrogen-bond acceptors (Lipinski definition) is 6. The molecule has 128 valence electrons. The van der Waals surface area contributed by atoms with Crippen LogP contribution >= 0.6 is 11.3 Å². The molecule has 0 saturated carbocycles. The van der Waals surface area contributed by atoms with E-state index in [0.29, 0.717) is 29.5 Å². The van der Waals surface area contributed by atoms with E-state index in [1.807, 2.05) is 24.4 Å². The monoisotopic (exact) mass is 366 g/mol. The van der Waals surface area contributed by atoms with Crippen LogP contribution < -0.4 is 4.72 Å². The van der Waals surface area contributed by atoms with Crippen molar-refractivity contribution in [3.63, 3.8) is 0 Å². The molecule has 0 unspecified atom stereocenters. The summed E-state index contributed by atoms with van der Waals surface area (Å²) in [5, 5.41) is 8.56. The summed E-state index contributed by atoms with van der Waals surface area (Å²) in [6, 6.07) is 3.87. The molecule has 0 bridgehead atoms. The molecular weight excluding hydrogens is 348 g/mol. The summed E-state index contributed by atoms with van der Waals surface area (Å²) in [4.78, 5) is 5.62. The normalized spacial score (nSPS) is 12.0. The number of aryl methyl sites for hydroxylation is 3. The molecular formula is C15H18N4O3S2. The van der Waals surface area contributed by atoms with Gasteiger partial charge in [-0.15, -0.1) is 11.3 Å². The first-order valence-electron chi connectivity index (χ1n) is 7.40. The highest BCUT2D eigenvalue weighted by molar-refractivity contribution is 7.89. The molecule has 0 fully saturated rings. The van der Waals surface area contributed by atoms with E-state index in [0.717, 1.165) is 10.6 Å². The molecule has 0 amide bonds. The molecule has 0 aliphatic carbocycles. The highest BCUT2D eigenvalue weighted by atomic mass is 32.2. The van der Waals surface area contributed by atoms with Crippen LogP contribution in [0.25, 0.3) is 10.8 Å². The van der Waals surface area contributed by atoms with Crippen molar-refractivity contribution >= 4 is 21.4 Å². The molecule has 7 nitrogen and oxygen atoms in total. The molecule has 3 heterocycles. The molecule has 24 heavy (non-hydrogen) atoms. The Morgan fingerprint density at radius 3 is 2.75 bits per heavy atom. The third kappa shape index (κ3) is 3.28. The van der Waals surface area contributed by atoms with Gasteiger partial charge < -0.3 is 4.42 Å². The first kappa shape index (κ1) is 16.9. The van der Waals surface area contributed by atoms with Gasteiger partial charge in [-0.2, -0.15) is 5.10 Å². The van der Waals surface area contributed by atoms with Gasteiger partial charge in [0.25, 0.3) is 0 Å². The Labute approximate surface area is 144 Å². The van der Waals surface area contributed by atoms with Crippen LogP contribution in [0.1, 0.15) is 22.8 Å². The third-order valence-electron chi connectivity index (χ3n) is 3.61. The minimum absolute atomic E-state index is 0.207. The molecule has 0 radical (unpaired) electrons.